The van der Waals surface area contributed by atoms with Gasteiger partial charge in [-0.05, 0) is 51.1 Å². The molecule has 1 aromatic rings. The van der Waals surface area contributed by atoms with E-state index in [-0.39, 0.29) is 29.0 Å². The van der Waals surface area contributed by atoms with Crippen LogP contribution in [0, 0.1) is 5.92 Å². The monoisotopic (exact) mass is 442 g/mol. The van der Waals surface area contributed by atoms with Crippen molar-refractivity contribution in [3.63, 3.8) is 0 Å². The fourth-order valence-electron chi connectivity index (χ4n) is 5.35. The Morgan fingerprint density at radius 3 is 2.34 bits per heavy atom. The van der Waals surface area contributed by atoms with Gasteiger partial charge in [0.1, 0.15) is 11.1 Å². The van der Waals surface area contributed by atoms with Crippen LogP contribution in [-0.4, -0.2) is 64.9 Å². The van der Waals surface area contributed by atoms with Crippen LogP contribution in [0.1, 0.15) is 92.0 Å². The highest BCUT2D eigenvalue weighted by Gasteiger charge is 2.33. The van der Waals surface area contributed by atoms with Crippen molar-refractivity contribution < 1.29 is 9.59 Å². The van der Waals surface area contributed by atoms with Gasteiger partial charge in [-0.15, -0.1) is 0 Å². The van der Waals surface area contributed by atoms with Crippen LogP contribution in [0.5, 0.6) is 0 Å². The maximum Gasteiger partial charge on any atom is 0.259 e. The fraction of sp³-hybridized carbons (Fsp3) is 0.720. The summed E-state index contributed by atoms with van der Waals surface area (Å²) in [6, 6.07) is 0.621. The maximum atomic E-state index is 13.4. The largest absolute Gasteiger partial charge is 0.352 e. The summed E-state index contributed by atoms with van der Waals surface area (Å²) in [6.45, 7) is 8.08. The van der Waals surface area contributed by atoms with Crippen LogP contribution in [0.2, 0.25) is 0 Å². The van der Waals surface area contributed by atoms with Gasteiger partial charge in [-0.1, -0.05) is 33.1 Å². The first kappa shape index (κ1) is 23.0. The molecule has 0 unspecified atom stereocenters. The van der Waals surface area contributed by atoms with Gasteiger partial charge in [0.25, 0.3) is 11.8 Å². The molecule has 2 heterocycles. The minimum atomic E-state index is -0.431. The Morgan fingerprint density at radius 1 is 1.00 bits per heavy atom. The van der Waals surface area contributed by atoms with Gasteiger partial charge in [0.15, 0.2) is 0 Å². The number of amides is 2. The number of carbonyl (C=O) groups is 2. The molecule has 3 fully saturated rings. The molecule has 2 amide bonds. The molecule has 1 aliphatic heterocycles. The topological polar surface area (TPSA) is 74.7 Å². The van der Waals surface area contributed by atoms with Gasteiger partial charge in [-0.2, -0.15) is 0 Å². The number of likely N-dealkylation sites (N-methyl/N-ethyl adjacent to an activating group) is 1. The highest BCUT2D eigenvalue weighted by Crippen LogP contribution is 2.34. The second kappa shape index (κ2) is 10.2. The SMILES string of the molecule is CCN(CC)[C@H]1CCN(C(=O)c2cn(C3CC3)cc(C(=O)NCC3CCCCC3)c2=O)C1. The molecule has 0 aromatic carbocycles. The normalized spacial score (nSPS) is 21.8. The number of aromatic nitrogens is 1. The Balaban J connectivity index is 1.52. The fourth-order valence-corrected chi connectivity index (χ4v) is 5.35. The molecule has 7 nitrogen and oxygen atoms in total. The zero-order valence-electron chi connectivity index (χ0n) is 19.6. The lowest BCUT2D eigenvalue weighted by Gasteiger charge is -2.26. The van der Waals surface area contributed by atoms with E-state index in [4.69, 9.17) is 0 Å². The smallest absolute Gasteiger partial charge is 0.259 e. The second-order valence-corrected chi connectivity index (χ2v) is 9.72. The summed E-state index contributed by atoms with van der Waals surface area (Å²) in [5.74, 6) is -0.0853. The lowest BCUT2D eigenvalue weighted by Crippen LogP contribution is -2.40. The van der Waals surface area contributed by atoms with E-state index in [0.717, 1.165) is 45.2 Å². The van der Waals surface area contributed by atoms with E-state index in [0.29, 0.717) is 31.6 Å². The molecule has 2 aliphatic carbocycles. The summed E-state index contributed by atoms with van der Waals surface area (Å²) >= 11 is 0. The van der Waals surface area contributed by atoms with Crippen molar-refractivity contribution in [2.45, 2.75) is 77.3 Å². The predicted molar refractivity (Wildman–Crippen MR) is 125 cm³/mol. The molecule has 0 spiro atoms. The minimum absolute atomic E-state index is 0.109. The molecule has 176 valence electrons. The summed E-state index contributed by atoms with van der Waals surface area (Å²) in [4.78, 5) is 43.7. The molecule has 4 rings (SSSR count). The van der Waals surface area contributed by atoms with Crippen LogP contribution in [-0.2, 0) is 0 Å². The maximum absolute atomic E-state index is 13.4. The van der Waals surface area contributed by atoms with E-state index >= 15 is 0 Å². The van der Waals surface area contributed by atoms with E-state index in [9.17, 15) is 14.4 Å². The second-order valence-electron chi connectivity index (χ2n) is 9.72. The Bertz CT molecular complexity index is 882. The highest BCUT2D eigenvalue weighted by molar-refractivity contribution is 5.99. The standard InChI is InChI=1S/C25H38N4O3/c1-3-27(4-2)20-12-13-28(15-20)25(32)22-17-29(19-10-11-19)16-21(23(22)30)24(31)26-14-18-8-6-5-7-9-18/h16-20H,3-15H2,1-2H3,(H,26,31)/t20-/m0/s1. The molecule has 0 bridgehead atoms. The van der Waals surface area contributed by atoms with E-state index in [2.05, 4.69) is 24.1 Å². The van der Waals surface area contributed by atoms with Gasteiger partial charge in [-0.3, -0.25) is 19.3 Å². The number of likely N-dealkylation sites (tertiary alicyclic amines) is 1. The molecule has 1 aromatic heterocycles. The van der Waals surface area contributed by atoms with Crippen LogP contribution in [0.3, 0.4) is 0 Å². The summed E-state index contributed by atoms with van der Waals surface area (Å²) < 4.78 is 1.92. The number of hydrogen-bond acceptors (Lipinski definition) is 4. The molecule has 0 radical (unpaired) electrons. The van der Waals surface area contributed by atoms with Crippen molar-refractivity contribution in [2.75, 3.05) is 32.7 Å². The minimum Gasteiger partial charge on any atom is -0.352 e. The number of carbonyl (C=O) groups excluding carboxylic acids is 2. The Morgan fingerprint density at radius 2 is 1.69 bits per heavy atom. The summed E-state index contributed by atoms with van der Waals surface area (Å²) in [5, 5.41) is 2.99. The molecular formula is C25H38N4O3. The lowest BCUT2D eigenvalue weighted by atomic mass is 9.89. The lowest BCUT2D eigenvalue weighted by molar-refractivity contribution is 0.0775. The third-order valence-corrected chi connectivity index (χ3v) is 7.54. The van der Waals surface area contributed by atoms with Crippen LogP contribution in [0.4, 0.5) is 0 Å². The van der Waals surface area contributed by atoms with E-state index in [1.807, 2.05) is 4.57 Å². The third kappa shape index (κ3) is 5.08. The van der Waals surface area contributed by atoms with Crippen LogP contribution in [0.15, 0.2) is 17.2 Å². The van der Waals surface area contributed by atoms with Crippen molar-refractivity contribution in [1.29, 1.82) is 0 Å². The van der Waals surface area contributed by atoms with Crippen molar-refractivity contribution in [2.24, 2.45) is 5.92 Å². The summed E-state index contributed by atoms with van der Waals surface area (Å²) in [5.41, 5.74) is -0.181. The molecule has 7 heteroatoms. The molecule has 3 aliphatic rings. The van der Waals surface area contributed by atoms with Crippen molar-refractivity contribution in [1.82, 2.24) is 19.7 Å². The quantitative estimate of drug-likeness (QED) is 0.672. The zero-order chi connectivity index (χ0) is 22.7. The van der Waals surface area contributed by atoms with Crippen molar-refractivity contribution >= 4 is 11.8 Å². The van der Waals surface area contributed by atoms with Crippen molar-refractivity contribution in [3.8, 4) is 0 Å². The number of nitrogens with one attached hydrogen (secondary N) is 1. The molecule has 2 saturated carbocycles. The molecule has 32 heavy (non-hydrogen) atoms. The first-order valence-electron chi connectivity index (χ1n) is 12.6. The summed E-state index contributed by atoms with van der Waals surface area (Å²) in [6.07, 6.45) is 12.3. The molecule has 1 N–H and O–H groups in total. The highest BCUT2D eigenvalue weighted by atomic mass is 16.2. The molecule has 1 atom stereocenters. The van der Waals surface area contributed by atoms with Crippen LogP contribution >= 0.6 is 0 Å². The Hall–Kier alpha value is -2.15. The van der Waals surface area contributed by atoms with Gasteiger partial charge in [0.05, 0.1) is 0 Å². The average Bonchev–Trinajstić information content (AvgIpc) is 3.56. The van der Waals surface area contributed by atoms with Crippen LogP contribution < -0.4 is 10.7 Å². The molecular weight excluding hydrogens is 404 g/mol. The number of nitrogens with zero attached hydrogens (tertiary/aromatic N) is 3. The third-order valence-electron chi connectivity index (χ3n) is 7.54. The van der Waals surface area contributed by atoms with Gasteiger partial charge in [0, 0.05) is 44.1 Å². The van der Waals surface area contributed by atoms with E-state index in [1.165, 1.54) is 19.3 Å². The Kier molecular flexibility index (Phi) is 7.33. The van der Waals surface area contributed by atoms with E-state index < -0.39 is 5.43 Å². The van der Waals surface area contributed by atoms with Gasteiger partial charge in [-0.25, -0.2) is 0 Å². The Labute approximate surface area is 191 Å². The van der Waals surface area contributed by atoms with Gasteiger partial charge < -0.3 is 14.8 Å². The first-order chi connectivity index (χ1) is 15.5. The molecule has 1 saturated heterocycles. The van der Waals surface area contributed by atoms with Gasteiger partial charge in [0.2, 0.25) is 5.43 Å². The average molecular weight is 443 g/mol. The number of hydrogen-bond donors (Lipinski definition) is 1. The van der Waals surface area contributed by atoms with Crippen molar-refractivity contribution in [3.05, 3.63) is 33.7 Å². The summed E-state index contributed by atoms with van der Waals surface area (Å²) in [7, 11) is 0. The van der Waals surface area contributed by atoms with E-state index in [1.54, 1.807) is 17.3 Å². The van der Waals surface area contributed by atoms with Crippen LogP contribution in [0.25, 0.3) is 0 Å². The van der Waals surface area contributed by atoms with Gasteiger partial charge >= 0.3 is 0 Å². The predicted octanol–water partition coefficient (Wildman–Crippen LogP) is 3.05. The number of pyridine rings is 1. The number of rotatable bonds is 8. The first-order valence-corrected chi connectivity index (χ1v) is 12.6. The zero-order valence-corrected chi connectivity index (χ0v) is 19.6.